The van der Waals surface area contributed by atoms with Gasteiger partial charge in [0.2, 0.25) is 0 Å². The molecule has 1 aliphatic heterocycles. The van der Waals surface area contributed by atoms with Crippen molar-refractivity contribution in [2.24, 2.45) is 5.92 Å². The summed E-state index contributed by atoms with van der Waals surface area (Å²) >= 11 is 0. The van der Waals surface area contributed by atoms with E-state index in [1.54, 1.807) is 17.0 Å². The summed E-state index contributed by atoms with van der Waals surface area (Å²) in [4.78, 5) is 18.8. The molecule has 0 amide bonds. The minimum Gasteiger partial charge on any atom is -0.365 e. The van der Waals surface area contributed by atoms with Crippen LogP contribution in [-0.2, 0) is 0 Å². The number of nitrogens with one attached hydrogen (secondary N) is 1. The summed E-state index contributed by atoms with van der Waals surface area (Å²) in [6.07, 6.45) is 8.21. The van der Waals surface area contributed by atoms with Gasteiger partial charge in [-0.1, -0.05) is 0 Å². The average molecular weight is 338 g/mol. The highest BCUT2D eigenvalue weighted by atomic mass is 16.1. The van der Waals surface area contributed by atoms with Gasteiger partial charge in [0.15, 0.2) is 11.6 Å². The molecule has 0 aromatic carbocycles. The summed E-state index contributed by atoms with van der Waals surface area (Å²) in [6, 6.07) is 4.57. The van der Waals surface area contributed by atoms with Crippen LogP contribution in [0, 0.1) is 5.92 Å². The van der Waals surface area contributed by atoms with Crippen molar-refractivity contribution in [1.29, 1.82) is 0 Å². The minimum absolute atomic E-state index is 0.00251. The van der Waals surface area contributed by atoms with Crippen molar-refractivity contribution < 1.29 is 0 Å². The van der Waals surface area contributed by atoms with Crippen LogP contribution in [0.5, 0.6) is 0 Å². The molecule has 130 valence electrons. The molecule has 0 spiro atoms. The molecule has 0 atom stereocenters. The first-order valence-electron chi connectivity index (χ1n) is 9.17. The average Bonchev–Trinajstić information content (AvgIpc) is 3.47. The molecule has 2 saturated carbocycles. The molecule has 7 nitrogen and oxygen atoms in total. The maximum Gasteiger partial charge on any atom is 0.293 e. The van der Waals surface area contributed by atoms with Gasteiger partial charge in [-0.15, -0.1) is 5.10 Å². The van der Waals surface area contributed by atoms with Crippen molar-refractivity contribution in [3.63, 3.8) is 0 Å². The molecule has 5 rings (SSSR count). The highest BCUT2D eigenvalue weighted by Gasteiger charge is 2.30. The van der Waals surface area contributed by atoms with Gasteiger partial charge in [-0.05, 0) is 37.8 Å². The third kappa shape index (κ3) is 2.99. The van der Waals surface area contributed by atoms with Crippen molar-refractivity contribution in [3.8, 4) is 0 Å². The molecule has 2 aliphatic carbocycles. The number of nitrogens with zero attached hydrogens (tertiary/aromatic N) is 5. The van der Waals surface area contributed by atoms with Crippen molar-refractivity contribution in [2.75, 3.05) is 29.9 Å². The van der Waals surface area contributed by atoms with E-state index in [0.717, 1.165) is 44.0 Å². The second-order valence-corrected chi connectivity index (χ2v) is 7.46. The Bertz CT molecular complexity index is 818. The summed E-state index contributed by atoms with van der Waals surface area (Å²) < 4.78 is 1.80. The Morgan fingerprint density at radius 1 is 1.12 bits per heavy atom. The van der Waals surface area contributed by atoms with E-state index in [-0.39, 0.29) is 5.56 Å². The molecule has 2 aromatic heterocycles. The second-order valence-electron chi connectivity index (χ2n) is 7.46. The predicted molar refractivity (Wildman–Crippen MR) is 95.0 cm³/mol. The van der Waals surface area contributed by atoms with Crippen LogP contribution in [0.25, 0.3) is 0 Å². The van der Waals surface area contributed by atoms with Gasteiger partial charge in [0.05, 0.1) is 5.69 Å². The largest absolute Gasteiger partial charge is 0.365 e. The van der Waals surface area contributed by atoms with E-state index in [9.17, 15) is 4.79 Å². The summed E-state index contributed by atoms with van der Waals surface area (Å²) in [6.45, 7) is 2.64. The van der Waals surface area contributed by atoms with Gasteiger partial charge in [-0.2, -0.15) is 5.10 Å². The summed E-state index contributed by atoms with van der Waals surface area (Å²) in [5, 5.41) is 11.9. The van der Waals surface area contributed by atoms with E-state index in [4.69, 9.17) is 0 Å². The number of rotatable bonds is 6. The van der Waals surface area contributed by atoms with Crippen molar-refractivity contribution >= 4 is 11.6 Å². The quantitative estimate of drug-likeness (QED) is 0.865. The van der Waals surface area contributed by atoms with Gasteiger partial charge in [0, 0.05) is 49.9 Å². The molecule has 1 saturated heterocycles. The lowest BCUT2D eigenvalue weighted by Crippen LogP contribution is -2.50. The molecule has 2 aromatic rings. The van der Waals surface area contributed by atoms with Gasteiger partial charge in [-0.25, -0.2) is 4.98 Å². The van der Waals surface area contributed by atoms with Crippen molar-refractivity contribution in [3.05, 3.63) is 40.6 Å². The van der Waals surface area contributed by atoms with Crippen LogP contribution in [0.15, 0.2) is 29.3 Å². The molecule has 3 aliphatic rings. The first-order chi connectivity index (χ1) is 12.3. The Labute approximate surface area is 146 Å². The zero-order valence-corrected chi connectivity index (χ0v) is 14.1. The lowest BCUT2D eigenvalue weighted by molar-refractivity contribution is 0.424. The Morgan fingerprint density at radius 2 is 1.96 bits per heavy atom. The lowest BCUT2D eigenvalue weighted by atomic mass is 10.0. The maximum absolute atomic E-state index is 12.4. The minimum atomic E-state index is 0.00251. The Morgan fingerprint density at radius 3 is 2.64 bits per heavy atom. The van der Waals surface area contributed by atoms with Crippen LogP contribution in [0.2, 0.25) is 0 Å². The summed E-state index contributed by atoms with van der Waals surface area (Å²) in [7, 11) is 0. The van der Waals surface area contributed by atoms with Crippen molar-refractivity contribution in [2.45, 2.75) is 37.6 Å². The lowest BCUT2D eigenvalue weighted by Gasteiger charge is -2.40. The third-order valence-electron chi connectivity index (χ3n) is 5.31. The molecule has 0 bridgehead atoms. The number of hydrogen-bond acceptors (Lipinski definition) is 6. The Balaban J connectivity index is 1.15. The molecule has 7 heteroatoms. The fraction of sp³-hybridized carbons (Fsp3) is 0.556. The van der Waals surface area contributed by atoms with Gasteiger partial charge < -0.3 is 14.8 Å². The van der Waals surface area contributed by atoms with Gasteiger partial charge in [0.1, 0.15) is 0 Å². The second kappa shape index (κ2) is 5.82. The first kappa shape index (κ1) is 14.9. The normalized spacial score (nSPS) is 20.4. The van der Waals surface area contributed by atoms with Crippen LogP contribution < -0.4 is 15.8 Å². The number of anilines is 2. The molecule has 0 radical (unpaired) electrons. The van der Waals surface area contributed by atoms with Crippen LogP contribution >= 0.6 is 0 Å². The molecule has 3 fully saturated rings. The third-order valence-corrected chi connectivity index (χ3v) is 5.31. The van der Waals surface area contributed by atoms with E-state index >= 15 is 0 Å². The summed E-state index contributed by atoms with van der Waals surface area (Å²) in [5.74, 6) is 2.57. The monoisotopic (exact) mass is 338 g/mol. The molecule has 25 heavy (non-hydrogen) atoms. The first-order valence-corrected chi connectivity index (χ1v) is 9.17. The maximum atomic E-state index is 12.4. The fourth-order valence-electron chi connectivity index (χ4n) is 3.41. The SMILES string of the molecule is O=c1c(NCC2CN(c3ccc(C4CC4)nn3)C2)nccn1C1CC1. The smallest absolute Gasteiger partial charge is 0.293 e. The van der Waals surface area contributed by atoms with E-state index in [1.165, 1.54) is 12.8 Å². The topological polar surface area (TPSA) is 75.9 Å². The Hall–Kier alpha value is -2.44. The molecular weight excluding hydrogens is 316 g/mol. The van der Waals surface area contributed by atoms with Gasteiger partial charge in [-0.3, -0.25) is 4.79 Å². The van der Waals surface area contributed by atoms with E-state index in [0.29, 0.717) is 23.7 Å². The molecule has 3 heterocycles. The van der Waals surface area contributed by atoms with Crippen LogP contribution in [0.1, 0.15) is 43.3 Å². The van der Waals surface area contributed by atoms with Gasteiger partial charge in [0.25, 0.3) is 5.56 Å². The van der Waals surface area contributed by atoms with E-state index in [1.807, 2.05) is 0 Å². The Kier molecular flexibility index (Phi) is 3.46. The predicted octanol–water partition coefficient (Wildman–Crippen LogP) is 1.79. The van der Waals surface area contributed by atoms with Gasteiger partial charge >= 0.3 is 0 Å². The highest BCUT2D eigenvalue weighted by molar-refractivity contribution is 5.42. The van der Waals surface area contributed by atoms with Crippen LogP contribution in [-0.4, -0.2) is 39.4 Å². The molecular formula is C18H22N6O. The molecule has 1 N–H and O–H groups in total. The zero-order valence-electron chi connectivity index (χ0n) is 14.1. The van der Waals surface area contributed by atoms with Crippen LogP contribution in [0.3, 0.4) is 0 Å². The van der Waals surface area contributed by atoms with E-state index < -0.39 is 0 Å². The standard InChI is InChI=1S/C18H22N6O/c25-18-17(19-7-8-24(18)14-3-4-14)20-9-12-10-23(11-12)16-6-5-15(21-22-16)13-1-2-13/h5-8,12-14H,1-4,9-11H2,(H,19,20). The summed E-state index contributed by atoms with van der Waals surface area (Å²) in [5.41, 5.74) is 1.13. The van der Waals surface area contributed by atoms with E-state index in [2.05, 4.69) is 37.5 Å². The number of aromatic nitrogens is 4. The molecule has 0 unspecified atom stereocenters. The van der Waals surface area contributed by atoms with Crippen LogP contribution in [0.4, 0.5) is 11.6 Å². The highest BCUT2D eigenvalue weighted by Crippen LogP contribution is 2.39. The number of hydrogen-bond donors (Lipinski definition) is 1. The van der Waals surface area contributed by atoms with Crippen molar-refractivity contribution in [1.82, 2.24) is 19.7 Å². The zero-order chi connectivity index (χ0) is 16.8. The fourth-order valence-corrected chi connectivity index (χ4v) is 3.41.